The fourth-order valence-electron chi connectivity index (χ4n) is 1.44. The summed E-state index contributed by atoms with van der Waals surface area (Å²) in [5.41, 5.74) is 2.17. The molecule has 2 heterocycles. The lowest BCUT2D eigenvalue weighted by Crippen LogP contribution is -2.18. The van der Waals surface area contributed by atoms with Gasteiger partial charge in [-0.15, -0.1) is 11.3 Å². The van der Waals surface area contributed by atoms with E-state index in [1.54, 1.807) is 11.3 Å². The van der Waals surface area contributed by atoms with E-state index in [1.165, 1.54) is 0 Å². The van der Waals surface area contributed by atoms with Crippen molar-refractivity contribution in [2.75, 3.05) is 0 Å². The Balaban J connectivity index is 1.91. The van der Waals surface area contributed by atoms with Crippen molar-refractivity contribution >= 4 is 11.3 Å². The molecule has 0 fully saturated rings. The number of rotatable bonds is 4. The number of pyridine rings is 1. The highest BCUT2D eigenvalue weighted by Crippen LogP contribution is 2.15. The lowest BCUT2D eigenvalue weighted by atomic mass is 10.2. The molecule has 2 aromatic rings. The largest absolute Gasteiger partial charge is 0.303 e. The van der Waals surface area contributed by atoms with E-state index in [-0.39, 0.29) is 6.04 Å². The lowest BCUT2D eigenvalue weighted by Gasteiger charge is -2.10. The Hall–Kier alpha value is -1.26. The Morgan fingerprint density at radius 1 is 1.44 bits per heavy atom. The summed E-state index contributed by atoms with van der Waals surface area (Å²) in [5, 5.41) is 6.63. The molecule has 1 N–H and O–H groups in total. The molecule has 0 amide bonds. The molecule has 1 unspecified atom stereocenters. The van der Waals surface area contributed by atoms with E-state index in [0.29, 0.717) is 0 Å². The van der Waals surface area contributed by atoms with Crippen LogP contribution >= 0.6 is 11.3 Å². The first kappa shape index (κ1) is 11.2. The molecule has 0 aliphatic heterocycles. The molecule has 4 heteroatoms. The van der Waals surface area contributed by atoms with E-state index in [9.17, 15) is 0 Å². The molecule has 0 aromatic carbocycles. The molecule has 0 aliphatic rings. The van der Waals surface area contributed by atoms with Crippen LogP contribution in [0.2, 0.25) is 0 Å². The average Bonchev–Trinajstić information content (AvgIpc) is 2.74. The minimum absolute atomic E-state index is 0.270. The van der Waals surface area contributed by atoms with E-state index < -0.39 is 0 Å². The van der Waals surface area contributed by atoms with Crippen molar-refractivity contribution in [3.05, 3.63) is 46.2 Å². The summed E-state index contributed by atoms with van der Waals surface area (Å²) in [7, 11) is 0. The number of hydrogen-bond donors (Lipinski definition) is 1. The van der Waals surface area contributed by atoms with Gasteiger partial charge in [-0.25, -0.2) is 4.98 Å². The Labute approximate surface area is 99.6 Å². The molecule has 16 heavy (non-hydrogen) atoms. The smallest absolute Gasteiger partial charge is 0.0898 e. The fraction of sp³-hybridized carbons (Fsp3) is 0.333. The summed E-state index contributed by atoms with van der Waals surface area (Å²) >= 11 is 1.69. The van der Waals surface area contributed by atoms with Crippen LogP contribution in [0.5, 0.6) is 0 Å². The summed E-state index contributed by atoms with van der Waals surface area (Å²) in [6.07, 6.45) is 1.81. The Bertz CT molecular complexity index is 439. The molecule has 84 valence electrons. The SMILES string of the molecule is Cc1nc(C(C)NCc2ccccn2)cs1. The highest BCUT2D eigenvalue weighted by Gasteiger charge is 2.07. The second-order valence-corrected chi connectivity index (χ2v) is 4.78. The molecular formula is C12H15N3S. The van der Waals surface area contributed by atoms with E-state index in [2.05, 4.69) is 27.6 Å². The zero-order valence-electron chi connectivity index (χ0n) is 9.47. The maximum Gasteiger partial charge on any atom is 0.0898 e. The first-order valence-electron chi connectivity index (χ1n) is 5.31. The first-order valence-corrected chi connectivity index (χ1v) is 6.19. The number of aromatic nitrogens is 2. The molecule has 2 aromatic heterocycles. The van der Waals surface area contributed by atoms with Crippen molar-refractivity contribution in [2.24, 2.45) is 0 Å². The van der Waals surface area contributed by atoms with Gasteiger partial charge in [-0.05, 0) is 26.0 Å². The van der Waals surface area contributed by atoms with Crippen molar-refractivity contribution in [2.45, 2.75) is 26.4 Å². The van der Waals surface area contributed by atoms with Crippen LogP contribution in [-0.2, 0) is 6.54 Å². The van der Waals surface area contributed by atoms with Crippen LogP contribution in [0, 0.1) is 6.92 Å². The molecule has 3 nitrogen and oxygen atoms in total. The summed E-state index contributed by atoms with van der Waals surface area (Å²) in [5.74, 6) is 0. The summed E-state index contributed by atoms with van der Waals surface area (Å²) < 4.78 is 0. The van der Waals surface area contributed by atoms with Gasteiger partial charge in [0.05, 0.1) is 16.4 Å². The van der Waals surface area contributed by atoms with Gasteiger partial charge in [-0.2, -0.15) is 0 Å². The summed E-state index contributed by atoms with van der Waals surface area (Å²) in [6.45, 7) is 4.93. The van der Waals surface area contributed by atoms with Crippen LogP contribution in [0.1, 0.15) is 29.4 Å². The molecule has 0 radical (unpaired) electrons. The zero-order valence-corrected chi connectivity index (χ0v) is 10.3. The zero-order chi connectivity index (χ0) is 11.4. The van der Waals surface area contributed by atoms with E-state index in [1.807, 2.05) is 31.3 Å². The second kappa shape index (κ2) is 5.18. The topological polar surface area (TPSA) is 37.8 Å². The number of nitrogens with one attached hydrogen (secondary N) is 1. The number of aryl methyl sites for hydroxylation is 1. The molecular weight excluding hydrogens is 218 g/mol. The van der Waals surface area contributed by atoms with Gasteiger partial charge >= 0.3 is 0 Å². The predicted molar refractivity (Wildman–Crippen MR) is 66.3 cm³/mol. The number of thiazole rings is 1. The lowest BCUT2D eigenvalue weighted by molar-refractivity contribution is 0.557. The van der Waals surface area contributed by atoms with Gasteiger partial charge in [-0.3, -0.25) is 4.98 Å². The molecule has 0 saturated carbocycles. The molecule has 0 saturated heterocycles. The van der Waals surface area contributed by atoms with Crippen molar-refractivity contribution < 1.29 is 0 Å². The first-order chi connectivity index (χ1) is 7.75. The maximum atomic E-state index is 4.46. The van der Waals surface area contributed by atoms with Gasteiger partial charge in [0.1, 0.15) is 0 Å². The van der Waals surface area contributed by atoms with Crippen LogP contribution in [0.4, 0.5) is 0 Å². The number of hydrogen-bond acceptors (Lipinski definition) is 4. The van der Waals surface area contributed by atoms with E-state index in [0.717, 1.165) is 22.9 Å². The van der Waals surface area contributed by atoms with Crippen LogP contribution in [0.3, 0.4) is 0 Å². The maximum absolute atomic E-state index is 4.46. The van der Waals surface area contributed by atoms with Gasteiger partial charge in [0.2, 0.25) is 0 Å². The minimum atomic E-state index is 0.270. The third-order valence-corrected chi connectivity index (χ3v) is 3.19. The predicted octanol–water partition coefficient (Wildman–Crippen LogP) is 2.70. The molecule has 2 rings (SSSR count). The van der Waals surface area contributed by atoms with Crippen LogP contribution in [0.15, 0.2) is 29.8 Å². The van der Waals surface area contributed by atoms with Gasteiger partial charge in [0.15, 0.2) is 0 Å². The van der Waals surface area contributed by atoms with Gasteiger partial charge < -0.3 is 5.32 Å². The number of nitrogens with zero attached hydrogens (tertiary/aromatic N) is 2. The second-order valence-electron chi connectivity index (χ2n) is 3.72. The Morgan fingerprint density at radius 2 is 2.31 bits per heavy atom. The summed E-state index contributed by atoms with van der Waals surface area (Å²) in [6, 6.07) is 6.22. The van der Waals surface area contributed by atoms with Crippen molar-refractivity contribution in [1.82, 2.24) is 15.3 Å². The highest BCUT2D eigenvalue weighted by atomic mass is 32.1. The van der Waals surface area contributed by atoms with Crippen molar-refractivity contribution in [1.29, 1.82) is 0 Å². The molecule has 0 spiro atoms. The third-order valence-electron chi connectivity index (χ3n) is 2.40. The minimum Gasteiger partial charge on any atom is -0.303 e. The quantitative estimate of drug-likeness (QED) is 0.882. The van der Waals surface area contributed by atoms with E-state index in [4.69, 9.17) is 0 Å². The van der Waals surface area contributed by atoms with Gasteiger partial charge in [0.25, 0.3) is 0 Å². The Kier molecular flexibility index (Phi) is 3.64. The highest BCUT2D eigenvalue weighted by molar-refractivity contribution is 7.09. The van der Waals surface area contributed by atoms with Gasteiger partial charge in [-0.1, -0.05) is 6.07 Å². The average molecular weight is 233 g/mol. The van der Waals surface area contributed by atoms with Crippen LogP contribution in [-0.4, -0.2) is 9.97 Å². The third kappa shape index (κ3) is 2.87. The molecule has 0 bridgehead atoms. The van der Waals surface area contributed by atoms with Crippen LogP contribution < -0.4 is 5.32 Å². The standard InChI is InChI=1S/C12H15N3S/c1-9(12-8-16-10(2)15-12)14-7-11-5-3-4-6-13-11/h3-6,8-9,14H,7H2,1-2H3. The van der Waals surface area contributed by atoms with Crippen molar-refractivity contribution in [3.63, 3.8) is 0 Å². The molecule has 1 atom stereocenters. The van der Waals surface area contributed by atoms with Crippen molar-refractivity contribution in [3.8, 4) is 0 Å². The summed E-state index contributed by atoms with van der Waals surface area (Å²) in [4.78, 5) is 8.73. The fourth-order valence-corrected chi connectivity index (χ4v) is 2.15. The van der Waals surface area contributed by atoms with Gasteiger partial charge in [0, 0.05) is 24.2 Å². The normalized spacial score (nSPS) is 12.6. The van der Waals surface area contributed by atoms with E-state index >= 15 is 0 Å². The monoisotopic (exact) mass is 233 g/mol. The van der Waals surface area contributed by atoms with Crippen LogP contribution in [0.25, 0.3) is 0 Å². The molecule has 0 aliphatic carbocycles. The Morgan fingerprint density at radius 3 is 2.94 bits per heavy atom.